The molecular formula is C10H16O. The fraction of sp³-hybridized carbons (Fsp3) is 0.800. The van der Waals surface area contributed by atoms with Gasteiger partial charge in [-0.3, -0.25) is 0 Å². The fourth-order valence-corrected chi connectivity index (χ4v) is 2.03. The summed E-state index contributed by atoms with van der Waals surface area (Å²) in [6.45, 7) is 2.23. The summed E-state index contributed by atoms with van der Waals surface area (Å²) >= 11 is 0. The molecule has 0 aliphatic heterocycles. The Kier molecular flexibility index (Phi) is 1.76. The van der Waals surface area contributed by atoms with Gasteiger partial charge in [-0.1, -0.05) is 13.0 Å². The highest BCUT2D eigenvalue weighted by molar-refractivity contribution is 5.16. The summed E-state index contributed by atoms with van der Waals surface area (Å²) in [5.41, 5.74) is 1.32. The van der Waals surface area contributed by atoms with Gasteiger partial charge in [-0.2, -0.15) is 0 Å². The predicted molar refractivity (Wildman–Crippen MR) is 45.2 cm³/mol. The summed E-state index contributed by atoms with van der Waals surface area (Å²) in [6.07, 6.45) is 6.96. The van der Waals surface area contributed by atoms with Gasteiger partial charge in [0, 0.05) is 0 Å². The molecule has 0 amide bonds. The van der Waals surface area contributed by atoms with Crippen LogP contribution >= 0.6 is 0 Å². The molecule has 2 rings (SSSR count). The van der Waals surface area contributed by atoms with E-state index in [9.17, 15) is 5.11 Å². The van der Waals surface area contributed by atoms with Gasteiger partial charge in [0.15, 0.2) is 0 Å². The van der Waals surface area contributed by atoms with E-state index in [1.165, 1.54) is 24.8 Å². The summed E-state index contributed by atoms with van der Waals surface area (Å²) in [6, 6.07) is 0. The lowest BCUT2D eigenvalue weighted by Crippen LogP contribution is -2.12. The molecule has 2 aliphatic carbocycles. The van der Waals surface area contributed by atoms with Crippen LogP contribution in [0.25, 0.3) is 0 Å². The number of hydrogen-bond acceptors (Lipinski definition) is 1. The summed E-state index contributed by atoms with van der Waals surface area (Å²) in [5, 5.41) is 9.79. The van der Waals surface area contributed by atoms with Crippen LogP contribution in [-0.2, 0) is 0 Å². The van der Waals surface area contributed by atoms with Crippen molar-refractivity contribution in [2.45, 2.75) is 38.7 Å². The van der Waals surface area contributed by atoms with E-state index >= 15 is 0 Å². The summed E-state index contributed by atoms with van der Waals surface area (Å²) in [7, 11) is 0. The molecule has 1 nitrogen and oxygen atoms in total. The topological polar surface area (TPSA) is 20.2 Å². The molecule has 0 spiro atoms. The van der Waals surface area contributed by atoms with Crippen LogP contribution in [-0.4, -0.2) is 11.2 Å². The highest BCUT2D eigenvalue weighted by Crippen LogP contribution is 2.44. The van der Waals surface area contributed by atoms with E-state index in [1.807, 2.05) is 0 Å². The highest BCUT2D eigenvalue weighted by Gasteiger charge is 2.40. The molecule has 0 bridgehead atoms. The van der Waals surface area contributed by atoms with Crippen molar-refractivity contribution in [2.75, 3.05) is 0 Å². The van der Waals surface area contributed by atoms with Crippen molar-refractivity contribution >= 4 is 0 Å². The Labute approximate surface area is 68.1 Å². The van der Waals surface area contributed by atoms with E-state index in [0.29, 0.717) is 5.92 Å². The first kappa shape index (κ1) is 7.35. The lowest BCUT2D eigenvalue weighted by molar-refractivity contribution is 0.179. The second-order valence-corrected chi connectivity index (χ2v) is 3.99. The minimum atomic E-state index is -0.0903. The maximum atomic E-state index is 9.79. The third-order valence-corrected chi connectivity index (χ3v) is 3.03. The molecule has 0 radical (unpaired) electrons. The summed E-state index contributed by atoms with van der Waals surface area (Å²) in [4.78, 5) is 0. The van der Waals surface area contributed by atoms with Crippen LogP contribution in [0.3, 0.4) is 0 Å². The van der Waals surface area contributed by atoms with Crippen molar-refractivity contribution in [2.24, 2.45) is 11.8 Å². The third kappa shape index (κ3) is 1.34. The van der Waals surface area contributed by atoms with E-state index < -0.39 is 0 Å². The number of rotatable bonds is 2. The monoisotopic (exact) mass is 152 g/mol. The molecule has 62 valence electrons. The van der Waals surface area contributed by atoms with E-state index in [-0.39, 0.29) is 6.10 Å². The Bertz CT molecular complexity index is 183. The SMILES string of the molecule is CC1CC1C(O)C1=CCCC1. The van der Waals surface area contributed by atoms with Crippen molar-refractivity contribution in [1.29, 1.82) is 0 Å². The van der Waals surface area contributed by atoms with Gasteiger partial charge >= 0.3 is 0 Å². The van der Waals surface area contributed by atoms with Gasteiger partial charge in [0.25, 0.3) is 0 Å². The van der Waals surface area contributed by atoms with Gasteiger partial charge in [0.2, 0.25) is 0 Å². The molecular weight excluding hydrogens is 136 g/mol. The Morgan fingerprint density at radius 2 is 2.36 bits per heavy atom. The van der Waals surface area contributed by atoms with Gasteiger partial charge in [-0.15, -0.1) is 0 Å². The molecule has 0 aromatic heterocycles. The van der Waals surface area contributed by atoms with Crippen LogP contribution in [0.2, 0.25) is 0 Å². The molecule has 0 aromatic carbocycles. The molecule has 3 atom stereocenters. The first-order valence-corrected chi connectivity index (χ1v) is 4.66. The summed E-state index contributed by atoms with van der Waals surface area (Å²) < 4.78 is 0. The molecule has 3 unspecified atom stereocenters. The number of aliphatic hydroxyl groups is 1. The molecule has 2 aliphatic rings. The summed E-state index contributed by atoms with van der Waals surface area (Å²) in [5.74, 6) is 1.37. The van der Waals surface area contributed by atoms with E-state index in [0.717, 1.165) is 12.3 Å². The molecule has 0 heterocycles. The minimum Gasteiger partial charge on any atom is -0.388 e. The van der Waals surface area contributed by atoms with Crippen LogP contribution in [0.15, 0.2) is 11.6 Å². The Morgan fingerprint density at radius 3 is 2.82 bits per heavy atom. The normalized spacial score (nSPS) is 38.5. The molecule has 1 fully saturated rings. The Hall–Kier alpha value is -0.300. The number of hydrogen-bond donors (Lipinski definition) is 1. The zero-order valence-corrected chi connectivity index (χ0v) is 7.09. The van der Waals surface area contributed by atoms with Crippen molar-refractivity contribution < 1.29 is 5.11 Å². The van der Waals surface area contributed by atoms with Gasteiger partial charge in [-0.05, 0) is 43.1 Å². The van der Waals surface area contributed by atoms with Crippen molar-refractivity contribution in [1.82, 2.24) is 0 Å². The maximum Gasteiger partial charge on any atom is 0.0780 e. The lowest BCUT2D eigenvalue weighted by atomic mass is 10.0. The molecule has 1 N–H and O–H groups in total. The fourth-order valence-electron chi connectivity index (χ4n) is 2.03. The lowest BCUT2D eigenvalue weighted by Gasteiger charge is -2.10. The van der Waals surface area contributed by atoms with E-state index in [2.05, 4.69) is 13.0 Å². The van der Waals surface area contributed by atoms with Crippen LogP contribution in [0.5, 0.6) is 0 Å². The average molecular weight is 152 g/mol. The molecule has 0 saturated heterocycles. The van der Waals surface area contributed by atoms with Crippen molar-refractivity contribution in [3.63, 3.8) is 0 Å². The molecule has 0 aromatic rings. The van der Waals surface area contributed by atoms with Crippen molar-refractivity contribution in [3.8, 4) is 0 Å². The Balaban J connectivity index is 1.94. The third-order valence-electron chi connectivity index (χ3n) is 3.03. The first-order chi connectivity index (χ1) is 5.29. The van der Waals surface area contributed by atoms with Gasteiger partial charge in [-0.25, -0.2) is 0 Å². The van der Waals surface area contributed by atoms with E-state index in [4.69, 9.17) is 0 Å². The van der Waals surface area contributed by atoms with Crippen LogP contribution in [0.4, 0.5) is 0 Å². The van der Waals surface area contributed by atoms with Gasteiger partial charge in [0.05, 0.1) is 6.10 Å². The standard InChI is InChI=1S/C10H16O/c1-7-6-9(7)10(11)8-4-2-3-5-8/h4,7,9-11H,2-3,5-6H2,1H3. The zero-order valence-electron chi connectivity index (χ0n) is 7.09. The first-order valence-electron chi connectivity index (χ1n) is 4.66. The van der Waals surface area contributed by atoms with Gasteiger partial charge < -0.3 is 5.11 Å². The number of aliphatic hydroxyl groups excluding tert-OH is 1. The van der Waals surface area contributed by atoms with Gasteiger partial charge in [0.1, 0.15) is 0 Å². The second-order valence-electron chi connectivity index (χ2n) is 3.99. The minimum absolute atomic E-state index is 0.0903. The van der Waals surface area contributed by atoms with Crippen LogP contribution < -0.4 is 0 Å². The maximum absolute atomic E-state index is 9.79. The second kappa shape index (κ2) is 2.63. The molecule has 11 heavy (non-hydrogen) atoms. The average Bonchev–Trinajstić information content (AvgIpc) is 2.56. The molecule has 1 saturated carbocycles. The zero-order chi connectivity index (χ0) is 7.84. The van der Waals surface area contributed by atoms with Crippen LogP contribution in [0.1, 0.15) is 32.6 Å². The van der Waals surface area contributed by atoms with Crippen LogP contribution in [0, 0.1) is 11.8 Å². The van der Waals surface area contributed by atoms with E-state index in [1.54, 1.807) is 0 Å². The number of allylic oxidation sites excluding steroid dienone is 1. The molecule has 1 heteroatoms. The Morgan fingerprint density at radius 1 is 1.64 bits per heavy atom. The highest BCUT2D eigenvalue weighted by atomic mass is 16.3. The predicted octanol–water partition coefficient (Wildman–Crippen LogP) is 2.11. The quantitative estimate of drug-likeness (QED) is 0.601. The van der Waals surface area contributed by atoms with Crippen molar-refractivity contribution in [3.05, 3.63) is 11.6 Å². The largest absolute Gasteiger partial charge is 0.388 e. The smallest absolute Gasteiger partial charge is 0.0780 e.